The summed E-state index contributed by atoms with van der Waals surface area (Å²) in [5.41, 5.74) is -1.20. The Morgan fingerprint density at radius 3 is 2.50 bits per heavy atom. The molecule has 0 spiro atoms. The highest BCUT2D eigenvalue weighted by Gasteiger charge is 2.34. The van der Waals surface area contributed by atoms with Crippen molar-refractivity contribution in [2.45, 2.75) is 25.9 Å². The Kier molecular flexibility index (Phi) is 3.68. The quantitative estimate of drug-likeness (QED) is 0.666. The summed E-state index contributed by atoms with van der Waals surface area (Å²) in [6, 6.07) is 2.74. The summed E-state index contributed by atoms with van der Waals surface area (Å²) in [4.78, 5) is 0. The van der Waals surface area contributed by atoms with Gasteiger partial charge in [-0.2, -0.15) is 18.3 Å². The molecule has 0 saturated carbocycles. The number of nitrogens with zero attached hydrogens (tertiary/aromatic N) is 2. The molecule has 0 aliphatic rings. The molecule has 0 amide bonds. The Morgan fingerprint density at radius 2 is 1.95 bits per heavy atom. The number of benzene rings is 1. The molecule has 0 aliphatic carbocycles. The summed E-state index contributed by atoms with van der Waals surface area (Å²) >= 11 is 5.01. The number of H-pyrrole nitrogens is 1. The van der Waals surface area contributed by atoms with E-state index < -0.39 is 17.6 Å². The van der Waals surface area contributed by atoms with E-state index in [1.165, 1.54) is 10.6 Å². The van der Waals surface area contributed by atoms with Gasteiger partial charge in [0, 0.05) is 5.92 Å². The molecule has 0 atom stereocenters. The summed E-state index contributed by atoms with van der Waals surface area (Å²) in [5, 5.41) is 6.51. The molecule has 0 aliphatic heterocycles. The molecule has 3 nitrogen and oxygen atoms in total. The van der Waals surface area contributed by atoms with Crippen LogP contribution in [0.4, 0.5) is 17.6 Å². The summed E-state index contributed by atoms with van der Waals surface area (Å²) in [7, 11) is 0. The molecule has 1 heterocycles. The van der Waals surface area contributed by atoms with E-state index in [9.17, 15) is 17.6 Å². The lowest BCUT2D eigenvalue weighted by molar-refractivity contribution is -0.140. The van der Waals surface area contributed by atoms with Crippen molar-refractivity contribution >= 4 is 12.2 Å². The first kappa shape index (κ1) is 14.7. The first-order valence-electron chi connectivity index (χ1n) is 5.76. The van der Waals surface area contributed by atoms with E-state index in [-0.39, 0.29) is 16.4 Å². The second kappa shape index (κ2) is 5.01. The van der Waals surface area contributed by atoms with Gasteiger partial charge >= 0.3 is 6.18 Å². The Hall–Kier alpha value is -1.70. The van der Waals surface area contributed by atoms with Gasteiger partial charge in [-0.25, -0.2) is 4.39 Å². The molecule has 2 rings (SSSR count). The number of aromatic amines is 1. The van der Waals surface area contributed by atoms with Gasteiger partial charge < -0.3 is 0 Å². The normalized spacial score (nSPS) is 12.2. The van der Waals surface area contributed by atoms with Gasteiger partial charge in [-0.15, -0.1) is 0 Å². The van der Waals surface area contributed by atoms with Gasteiger partial charge in [-0.1, -0.05) is 13.8 Å². The molecule has 2 aromatic rings. The minimum absolute atomic E-state index is 0.0534. The third-order valence-corrected chi connectivity index (χ3v) is 3.00. The van der Waals surface area contributed by atoms with Gasteiger partial charge in [0.1, 0.15) is 11.6 Å². The van der Waals surface area contributed by atoms with Crippen molar-refractivity contribution in [3.8, 4) is 5.69 Å². The van der Waals surface area contributed by atoms with E-state index in [1.807, 2.05) is 13.8 Å². The van der Waals surface area contributed by atoms with Crippen LogP contribution < -0.4 is 0 Å². The lowest BCUT2D eigenvalue weighted by Crippen LogP contribution is -2.10. The maximum Gasteiger partial charge on any atom is 0.419 e. The number of rotatable bonds is 2. The van der Waals surface area contributed by atoms with Gasteiger partial charge in [0.05, 0.1) is 11.3 Å². The Balaban J connectivity index is 2.66. The topological polar surface area (TPSA) is 33.6 Å². The van der Waals surface area contributed by atoms with Crippen LogP contribution in [0.5, 0.6) is 0 Å². The monoisotopic (exact) mass is 305 g/mol. The highest BCUT2D eigenvalue weighted by atomic mass is 32.1. The smallest absolute Gasteiger partial charge is 0.272 e. The van der Waals surface area contributed by atoms with E-state index >= 15 is 0 Å². The average molecular weight is 305 g/mol. The standard InChI is InChI=1S/C12H11F4N3S/c1-6(2)10-17-18-11(20)19(10)7-3-4-9(13)8(5-7)12(14,15)16/h3-6H,1-2H3,(H,18,20). The summed E-state index contributed by atoms with van der Waals surface area (Å²) in [6.07, 6.45) is -4.76. The van der Waals surface area contributed by atoms with E-state index in [2.05, 4.69) is 10.2 Å². The lowest BCUT2D eigenvalue weighted by atomic mass is 10.1. The third kappa shape index (κ3) is 2.60. The number of nitrogens with one attached hydrogen (secondary N) is 1. The number of aromatic nitrogens is 3. The van der Waals surface area contributed by atoms with Crippen molar-refractivity contribution in [1.82, 2.24) is 14.8 Å². The maximum atomic E-state index is 13.3. The molecular weight excluding hydrogens is 294 g/mol. The highest BCUT2D eigenvalue weighted by Crippen LogP contribution is 2.33. The van der Waals surface area contributed by atoms with Crippen molar-refractivity contribution in [1.29, 1.82) is 0 Å². The fraction of sp³-hybridized carbons (Fsp3) is 0.333. The van der Waals surface area contributed by atoms with Gasteiger partial charge in [0.2, 0.25) is 0 Å². The molecule has 0 saturated heterocycles. The fourth-order valence-electron chi connectivity index (χ4n) is 1.82. The molecule has 0 unspecified atom stereocenters. The van der Waals surface area contributed by atoms with Crippen LogP contribution >= 0.6 is 12.2 Å². The fourth-order valence-corrected chi connectivity index (χ4v) is 2.06. The largest absolute Gasteiger partial charge is 0.419 e. The Bertz CT molecular complexity index is 685. The lowest BCUT2D eigenvalue weighted by Gasteiger charge is -2.13. The van der Waals surface area contributed by atoms with Crippen LogP contribution in [0.3, 0.4) is 0 Å². The summed E-state index contributed by atoms with van der Waals surface area (Å²) in [5.74, 6) is -0.889. The molecule has 0 radical (unpaired) electrons. The predicted molar refractivity (Wildman–Crippen MR) is 67.8 cm³/mol. The second-order valence-electron chi connectivity index (χ2n) is 4.54. The molecule has 108 valence electrons. The van der Waals surface area contributed by atoms with Gasteiger partial charge in [-0.3, -0.25) is 9.67 Å². The minimum Gasteiger partial charge on any atom is -0.272 e. The van der Waals surface area contributed by atoms with Crippen LogP contribution in [0.25, 0.3) is 5.69 Å². The van der Waals surface area contributed by atoms with Gasteiger partial charge in [0.25, 0.3) is 0 Å². The zero-order valence-corrected chi connectivity index (χ0v) is 11.4. The van der Waals surface area contributed by atoms with Crippen molar-refractivity contribution in [2.24, 2.45) is 0 Å². The first-order chi connectivity index (χ1) is 9.21. The maximum absolute atomic E-state index is 13.3. The van der Waals surface area contributed by atoms with Gasteiger partial charge in [-0.05, 0) is 30.4 Å². The summed E-state index contributed by atoms with van der Waals surface area (Å²) in [6.45, 7) is 3.66. The second-order valence-corrected chi connectivity index (χ2v) is 4.93. The van der Waals surface area contributed by atoms with E-state index in [0.29, 0.717) is 5.82 Å². The Morgan fingerprint density at radius 1 is 1.30 bits per heavy atom. The third-order valence-electron chi connectivity index (χ3n) is 2.73. The average Bonchev–Trinajstić information content (AvgIpc) is 2.70. The zero-order valence-electron chi connectivity index (χ0n) is 10.6. The van der Waals surface area contributed by atoms with E-state index in [4.69, 9.17) is 12.2 Å². The number of hydrogen-bond donors (Lipinski definition) is 1. The van der Waals surface area contributed by atoms with E-state index in [0.717, 1.165) is 12.1 Å². The van der Waals surface area contributed by atoms with Crippen molar-refractivity contribution in [2.75, 3.05) is 0 Å². The molecule has 0 fully saturated rings. The number of alkyl halides is 3. The highest BCUT2D eigenvalue weighted by molar-refractivity contribution is 7.71. The molecule has 0 bridgehead atoms. The van der Waals surface area contributed by atoms with Crippen molar-refractivity contribution in [3.05, 3.63) is 40.2 Å². The van der Waals surface area contributed by atoms with Gasteiger partial charge in [0.15, 0.2) is 4.77 Å². The summed E-state index contributed by atoms with van der Waals surface area (Å²) < 4.78 is 53.0. The molecule has 1 aromatic heterocycles. The minimum atomic E-state index is -4.76. The molecule has 8 heteroatoms. The number of halogens is 4. The predicted octanol–water partition coefficient (Wildman–Crippen LogP) is 4.21. The number of hydrogen-bond acceptors (Lipinski definition) is 2. The van der Waals surface area contributed by atoms with Crippen LogP contribution in [-0.2, 0) is 6.18 Å². The van der Waals surface area contributed by atoms with Crippen LogP contribution in [0.15, 0.2) is 18.2 Å². The SMILES string of the molecule is CC(C)c1n[nH]c(=S)n1-c1ccc(F)c(C(F)(F)F)c1. The van der Waals surface area contributed by atoms with Crippen LogP contribution in [0, 0.1) is 10.6 Å². The van der Waals surface area contributed by atoms with E-state index in [1.54, 1.807) is 0 Å². The van der Waals surface area contributed by atoms with Crippen LogP contribution in [0.2, 0.25) is 0 Å². The molecule has 1 N–H and O–H groups in total. The van der Waals surface area contributed by atoms with Crippen molar-refractivity contribution < 1.29 is 17.6 Å². The van der Waals surface area contributed by atoms with Crippen molar-refractivity contribution in [3.63, 3.8) is 0 Å². The molecule has 20 heavy (non-hydrogen) atoms. The van der Waals surface area contributed by atoms with Crippen LogP contribution in [0.1, 0.15) is 31.2 Å². The first-order valence-corrected chi connectivity index (χ1v) is 6.17. The van der Waals surface area contributed by atoms with Crippen LogP contribution in [-0.4, -0.2) is 14.8 Å². The zero-order chi connectivity index (χ0) is 15.1. The molecular formula is C12H11F4N3S. The molecule has 1 aromatic carbocycles. The Labute approximate surface area is 117 Å².